The number of rotatable bonds is 4. The van der Waals surface area contributed by atoms with Crippen molar-refractivity contribution in [3.8, 4) is 0 Å². The SMILES string of the molecule is CC1(NC(=O)CCc2nc3ccccc3[nH]2)CCS(=O)(=O)C1. The first kappa shape index (κ1) is 15.0. The van der Waals surface area contributed by atoms with Gasteiger partial charge in [0.25, 0.3) is 0 Å². The Bertz CT molecular complexity index is 779. The molecule has 1 aromatic heterocycles. The van der Waals surface area contributed by atoms with Gasteiger partial charge >= 0.3 is 0 Å². The predicted octanol–water partition coefficient (Wildman–Crippen LogP) is 1.19. The molecule has 118 valence electrons. The number of carbonyl (C=O) groups is 1. The molecule has 7 heteroatoms. The molecule has 2 N–H and O–H groups in total. The van der Waals surface area contributed by atoms with Crippen molar-refractivity contribution in [3.05, 3.63) is 30.1 Å². The molecule has 1 fully saturated rings. The zero-order valence-corrected chi connectivity index (χ0v) is 13.2. The van der Waals surface area contributed by atoms with Crippen molar-refractivity contribution in [1.29, 1.82) is 0 Å². The summed E-state index contributed by atoms with van der Waals surface area (Å²) in [7, 11) is -3.02. The number of sulfone groups is 1. The number of aryl methyl sites for hydroxylation is 1. The number of amides is 1. The number of hydrogen-bond acceptors (Lipinski definition) is 4. The highest BCUT2D eigenvalue weighted by molar-refractivity contribution is 7.91. The molecule has 0 spiro atoms. The van der Waals surface area contributed by atoms with Crippen molar-refractivity contribution in [1.82, 2.24) is 15.3 Å². The third kappa shape index (κ3) is 3.30. The van der Waals surface area contributed by atoms with E-state index in [0.717, 1.165) is 16.9 Å². The second-order valence-corrected chi connectivity index (χ2v) is 8.34. The number of fused-ring (bicyclic) bond motifs is 1. The Morgan fingerprint density at radius 2 is 2.18 bits per heavy atom. The molecule has 1 aliphatic heterocycles. The molecule has 0 bridgehead atoms. The molecule has 6 nitrogen and oxygen atoms in total. The topological polar surface area (TPSA) is 91.9 Å². The minimum atomic E-state index is -3.02. The van der Waals surface area contributed by atoms with Crippen molar-refractivity contribution < 1.29 is 13.2 Å². The van der Waals surface area contributed by atoms with Crippen molar-refractivity contribution in [2.45, 2.75) is 31.7 Å². The summed E-state index contributed by atoms with van der Waals surface area (Å²) in [5.41, 5.74) is 1.20. The fraction of sp³-hybridized carbons (Fsp3) is 0.467. The lowest BCUT2D eigenvalue weighted by atomic mass is 10.0. The van der Waals surface area contributed by atoms with Crippen LogP contribution in [0.5, 0.6) is 0 Å². The summed E-state index contributed by atoms with van der Waals surface area (Å²) in [6, 6.07) is 7.70. The lowest BCUT2D eigenvalue weighted by molar-refractivity contribution is -0.122. The number of nitrogens with one attached hydrogen (secondary N) is 2. The van der Waals surface area contributed by atoms with Crippen LogP contribution in [-0.2, 0) is 21.1 Å². The molecule has 1 unspecified atom stereocenters. The largest absolute Gasteiger partial charge is 0.350 e. The summed E-state index contributed by atoms with van der Waals surface area (Å²) in [5, 5.41) is 2.86. The molecule has 2 heterocycles. The number of aromatic amines is 1. The molecule has 0 saturated carbocycles. The van der Waals surface area contributed by atoms with Gasteiger partial charge in [-0.1, -0.05) is 12.1 Å². The summed E-state index contributed by atoms with van der Waals surface area (Å²) >= 11 is 0. The number of H-pyrrole nitrogens is 1. The van der Waals surface area contributed by atoms with E-state index < -0.39 is 15.4 Å². The van der Waals surface area contributed by atoms with Crippen LogP contribution in [0.25, 0.3) is 11.0 Å². The molecule has 1 aromatic carbocycles. The molecule has 0 radical (unpaired) electrons. The first-order valence-electron chi connectivity index (χ1n) is 7.30. The van der Waals surface area contributed by atoms with Gasteiger partial charge in [-0.05, 0) is 25.5 Å². The maximum absolute atomic E-state index is 12.1. The third-order valence-electron chi connectivity index (χ3n) is 3.97. The summed E-state index contributed by atoms with van der Waals surface area (Å²) in [4.78, 5) is 19.7. The van der Waals surface area contributed by atoms with Gasteiger partial charge in [0.15, 0.2) is 9.84 Å². The molecule has 1 aliphatic rings. The highest BCUT2D eigenvalue weighted by atomic mass is 32.2. The fourth-order valence-electron chi connectivity index (χ4n) is 2.86. The highest BCUT2D eigenvalue weighted by Gasteiger charge is 2.39. The van der Waals surface area contributed by atoms with Gasteiger partial charge in [-0.2, -0.15) is 0 Å². The third-order valence-corrected chi connectivity index (χ3v) is 5.87. The van der Waals surface area contributed by atoms with Gasteiger partial charge in [0, 0.05) is 12.8 Å². The zero-order valence-electron chi connectivity index (χ0n) is 12.4. The molecule has 22 heavy (non-hydrogen) atoms. The van der Waals surface area contributed by atoms with E-state index >= 15 is 0 Å². The molecule has 3 rings (SSSR count). The van der Waals surface area contributed by atoms with Crippen LogP contribution >= 0.6 is 0 Å². The summed E-state index contributed by atoms with van der Waals surface area (Å²) in [5.74, 6) is 0.796. The van der Waals surface area contributed by atoms with E-state index in [4.69, 9.17) is 0 Å². The maximum atomic E-state index is 12.1. The first-order chi connectivity index (χ1) is 10.4. The Morgan fingerprint density at radius 3 is 2.86 bits per heavy atom. The van der Waals surface area contributed by atoms with E-state index in [2.05, 4.69) is 15.3 Å². The van der Waals surface area contributed by atoms with Gasteiger partial charge in [-0.3, -0.25) is 4.79 Å². The van der Waals surface area contributed by atoms with Crippen LogP contribution in [-0.4, -0.2) is 41.3 Å². The molecule has 1 amide bonds. The standard InChI is InChI=1S/C15H19N3O3S/c1-15(8-9-22(20,21)10-15)18-14(19)7-6-13-16-11-4-2-3-5-12(11)17-13/h2-5H,6-10H2,1H3,(H,16,17)(H,18,19). The first-order valence-corrected chi connectivity index (χ1v) is 9.12. The molecule has 1 saturated heterocycles. The van der Waals surface area contributed by atoms with Crippen LogP contribution in [0.15, 0.2) is 24.3 Å². The quantitative estimate of drug-likeness (QED) is 0.885. The Balaban J connectivity index is 1.58. The van der Waals surface area contributed by atoms with E-state index in [1.807, 2.05) is 24.3 Å². The Morgan fingerprint density at radius 1 is 1.41 bits per heavy atom. The second-order valence-electron chi connectivity index (χ2n) is 6.15. The number of hydrogen-bond donors (Lipinski definition) is 2. The van der Waals surface area contributed by atoms with E-state index in [0.29, 0.717) is 12.8 Å². The maximum Gasteiger partial charge on any atom is 0.220 e. The van der Waals surface area contributed by atoms with Crippen LogP contribution in [0, 0.1) is 0 Å². The average Bonchev–Trinajstić information content (AvgIpc) is 2.96. The normalized spacial score (nSPS) is 23.7. The highest BCUT2D eigenvalue weighted by Crippen LogP contribution is 2.23. The Hall–Kier alpha value is -1.89. The van der Waals surface area contributed by atoms with E-state index in [-0.39, 0.29) is 23.8 Å². The van der Waals surface area contributed by atoms with Gasteiger partial charge < -0.3 is 10.3 Å². The summed E-state index contributed by atoms with van der Waals surface area (Å²) in [6.45, 7) is 1.79. The van der Waals surface area contributed by atoms with Crippen LogP contribution in [0.3, 0.4) is 0 Å². The van der Waals surface area contributed by atoms with Crippen molar-refractivity contribution in [2.24, 2.45) is 0 Å². The number of benzene rings is 1. The molecule has 2 aromatic rings. The monoisotopic (exact) mass is 321 g/mol. The van der Waals surface area contributed by atoms with Crippen LogP contribution in [0.4, 0.5) is 0 Å². The van der Waals surface area contributed by atoms with E-state index in [9.17, 15) is 13.2 Å². The van der Waals surface area contributed by atoms with Crippen LogP contribution < -0.4 is 5.32 Å². The van der Waals surface area contributed by atoms with Crippen LogP contribution in [0.2, 0.25) is 0 Å². The lowest BCUT2D eigenvalue weighted by Gasteiger charge is -2.23. The fourth-order valence-corrected chi connectivity index (χ4v) is 4.96. The van der Waals surface area contributed by atoms with Crippen molar-refractivity contribution >= 4 is 26.8 Å². The zero-order chi connectivity index (χ0) is 15.8. The molecule has 0 aliphatic carbocycles. The molecule has 1 atom stereocenters. The number of carbonyl (C=O) groups excluding carboxylic acids is 1. The summed E-state index contributed by atoms with van der Waals surface area (Å²) in [6.07, 6.45) is 1.27. The lowest BCUT2D eigenvalue weighted by Crippen LogP contribution is -2.47. The van der Waals surface area contributed by atoms with Gasteiger partial charge in [0.05, 0.1) is 28.1 Å². The van der Waals surface area contributed by atoms with Gasteiger partial charge in [-0.15, -0.1) is 0 Å². The van der Waals surface area contributed by atoms with Gasteiger partial charge in [-0.25, -0.2) is 13.4 Å². The molecular weight excluding hydrogens is 302 g/mol. The number of imidazole rings is 1. The number of para-hydroxylation sites is 2. The minimum Gasteiger partial charge on any atom is -0.350 e. The smallest absolute Gasteiger partial charge is 0.220 e. The van der Waals surface area contributed by atoms with E-state index in [1.165, 1.54) is 0 Å². The second kappa shape index (κ2) is 5.39. The average molecular weight is 321 g/mol. The van der Waals surface area contributed by atoms with Crippen molar-refractivity contribution in [3.63, 3.8) is 0 Å². The van der Waals surface area contributed by atoms with Crippen molar-refractivity contribution in [2.75, 3.05) is 11.5 Å². The van der Waals surface area contributed by atoms with Gasteiger partial charge in [0.2, 0.25) is 5.91 Å². The molecular formula is C15H19N3O3S. The Kier molecular flexibility index (Phi) is 3.68. The minimum absolute atomic E-state index is 0.0242. The van der Waals surface area contributed by atoms with Crippen LogP contribution in [0.1, 0.15) is 25.6 Å². The number of nitrogens with zero attached hydrogens (tertiary/aromatic N) is 1. The Labute approximate surface area is 129 Å². The summed E-state index contributed by atoms with van der Waals surface area (Å²) < 4.78 is 23.1. The van der Waals surface area contributed by atoms with Gasteiger partial charge in [0.1, 0.15) is 5.82 Å². The predicted molar refractivity (Wildman–Crippen MR) is 84.2 cm³/mol. The van der Waals surface area contributed by atoms with E-state index in [1.54, 1.807) is 6.92 Å². The number of aromatic nitrogens is 2.